The molecular weight excluding hydrogens is 224 g/mol. The predicted molar refractivity (Wildman–Crippen MR) is 68.6 cm³/mol. The lowest BCUT2D eigenvalue weighted by Gasteiger charge is -2.15. The molecule has 1 atom stereocenters. The molecule has 5 nitrogen and oxygen atoms in total. The van der Waals surface area contributed by atoms with Gasteiger partial charge in [0.05, 0.1) is 18.5 Å². The van der Waals surface area contributed by atoms with Crippen LogP contribution in [0.4, 0.5) is 5.69 Å². The largest absolute Gasteiger partial charge is 0.383 e. The number of aromatic nitrogens is 2. The quantitative estimate of drug-likeness (QED) is 0.761. The van der Waals surface area contributed by atoms with Crippen LogP contribution in [0.3, 0.4) is 0 Å². The lowest BCUT2D eigenvalue weighted by Crippen LogP contribution is -2.38. The van der Waals surface area contributed by atoms with Crippen molar-refractivity contribution in [3.63, 3.8) is 0 Å². The Bertz CT molecular complexity index is 339. The van der Waals surface area contributed by atoms with Crippen LogP contribution >= 0.6 is 12.2 Å². The second kappa shape index (κ2) is 6.44. The molecular formula is C10H18N4OS. The number of methoxy groups -OCH3 is 1. The van der Waals surface area contributed by atoms with E-state index in [1.54, 1.807) is 13.3 Å². The van der Waals surface area contributed by atoms with Crippen LogP contribution in [-0.2, 0) is 11.3 Å². The highest BCUT2D eigenvalue weighted by molar-refractivity contribution is 7.80. The van der Waals surface area contributed by atoms with Crippen LogP contribution in [0.2, 0.25) is 0 Å². The van der Waals surface area contributed by atoms with Gasteiger partial charge in [0.1, 0.15) is 0 Å². The van der Waals surface area contributed by atoms with E-state index in [1.807, 2.05) is 24.7 Å². The van der Waals surface area contributed by atoms with E-state index >= 15 is 0 Å². The van der Waals surface area contributed by atoms with Gasteiger partial charge in [0.15, 0.2) is 5.11 Å². The summed E-state index contributed by atoms with van der Waals surface area (Å²) in [6, 6.07) is 0.186. The van der Waals surface area contributed by atoms with E-state index in [4.69, 9.17) is 17.0 Å². The Hall–Kier alpha value is -1.14. The Labute approximate surface area is 101 Å². The molecule has 0 aliphatic rings. The summed E-state index contributed by atoms with van der Waals surface area (Å²) in [6.07, 6.45) is 3.66. The smallest absolute Gasteiger partial charge is 0.171 e. The number of anilines is 1. The summed E-state index contributed by atoms with van der Waals surface area (Å²) in [5.74, 6) is 0. The van der Waals surface area contributed by atoms with Crippen molar-refractivity contribution in [2.45, 2.75) is 26.4 Å². The molecule has 0 fully saturated rings. The van der Waals surface area contributed by atoms with Crippen LogP contribution < -0.4 is 10.6 Å². The van der Waals surface area contributed by atoms with Crippen molar-refractivity contribution in [1.82, 2.24) is 15.1 Å². The van der Waals surface area contributed by atoms with Gasteiger partial charge in [-0.05, 0) is 26.1 Å². The zero-order valence-corrected chi connectivity index (χ0v) is 10.7. The Morgan fingerprint density at radius 2 is 2.44 bits per heavy atom. The van der Waals surface area contributed by atoms with Crippen LogP contribution in [0.15, 0.2) is 12.4 Å². The third-order valence-corrected chi connectivity index (χ3v) is 2.23. The van der Waals surface area contributed by atoms with Gasteiger partial charge in [0.25, 0.3) is 0 Å². The number of aryl methyl sites for hydroxylation is 1. The molecule has 2 N–H and O–H groups in total. The van der Waals surface area contributed by atoms with Gasteiger partial charge in [-0.1, -0.05) is 0 Å². The third-order valence-electron chi connectivity index (χ3n) is 2.01. The van der Waals surface area contributed by atoms with Gasteiger partial charge in [-0.25, -0.2) is 0 Å². The van der Waals surface area contributed by atoms with Gasteiger partial charge in [-0.3, -0.25) is 4.68 Å². The van der Waals surface area contributed by atoms with Crippen molar-refractivity contribution >= 4 is 23.0 Å². The maximum atomic E-state index is 5.16. The van der Waals surface area contributed by atoms with Crippen molar-refractivity contribution in [2.24, 2.45) is 0 Å². The van der Waals surface area contributed by atoms with Gasteiger partial charge in [0.2, 0.25) is 0 Å². The number of ether oxygens (including phenoxy) is 1. The van der Waals surface area contributed by atoms with E-state index < -0.39 is 0 Å². The Balaban J connectivity index is 2.39. The summed E-state index contributed by atoms with van der Waals surface area (Å²) in [7, 11) is 1.67. The molecule has 1 aromatic heterocycles. The van der Waals surface area contributed by atoms with Crippen molar-refractivity contribution < 1.29 is 4.74 Å². The first-order valence-corrected chi connectivity index (χ1v) is 5.65. The lowest BCUT2D eigenvalue weighted by atomic mass is 10.4. The maximum absolute atomic E-state index is 5.16. The van der Waals surface area contributed by atoms with Crippen LogP contribution in [0.5, 0.6) is 0 Å². The molecule has 90 valence electrons. The number of nitrogens with one attached hydrogen (secondary N) is 2. The SMILES string of the molecule is CCn1cc(NC(=S)NC(C)COC)cn1. The fourth-order valence-electron chi connectivity index (χ4n) is 1.28. The molecule has 16 heavy (non-hydrogen) atoms. The molecule has 0 spiro atoms. The maximum Gasteiger partial charge on any atom is 0.171 e. The van der Waals surface area contributed by atoms with Gasteiger partial charge in [0, 0.05) is 25.9 Å². The third kappa shape index (κ3) is 4.16. The van der Waals surface area contributed by atoms with Gasteiger partial charge in [-0.15, -0.1) is 0 Å². The monoisotopic (exact) mass is 242 g/mol. The molecule has 1 aromatic rings. The summed E-state index contributed by atoms with van der Waals surface area (Å²) in [6.45, 7) is 5.51. The first kappa shape index (κ1) is 12.9. The van der Waals surface area contributed by atoms with Crippen LogP contribution in [-0.4, -0.2) is 34.7 Å². The minimum Gasteiger partial charge on any atom is -0.383 e. The molecule has 0 saturated heterocycles. The van der Waals surface area contributed by atoms with Crippen molar-refractivity contribution in [1.29, 1.82) is 0 Å². The Morgan fingerprint density at radius 1 is 1.69 bits per heavy atom. The molecule has 0 aliphatic heterocycles. The number of hydrogen-bond acceptors (Lipinski definition) is 3. The van der Waals surface area contributed by atoms with Crippen LogP contribution in [0.1, 0.15) is 13.8 Å². The van der Waals surface area contributed by atoms with Crippen LogP contribution in [0.25, 0.3) is 0 Å². The fraction of sp³-hybridized carbons (Fsp3) is 0.600. The van der Waals surface area contributed by atoms with Crippen molar-refractivity contribution in [3.05, 3.63) is 12.4 Å². The normalized spacial score (nSPS) is 12.2. The molecule has 0 radical (unpaired) electrons. The second-order valence-electron chi connectivity index (χ2n) is 3.54. The predicted octanol–water partition coefficient (Wildman–Crippen LogP) is 1.22. The molecule has 0 amide bonds. The van der Waals surface area contributed by atoms with E-state index in [0.29, 0.717) is 11.7 Å². The molecule has 0 bridgehead atoms. The Kier molecular flexibility index (Phi) is 5.21. The highest BCUT2D eigenvalue weighted by atomic mass is 32.1. The zero-order valence-electron chi connectivity index (χ0n) is 9.86. The molecule has 1 rings (SSSR count). The molecule has 0 aromatic carbocycles. The number of nitrogens with zero attached hydrogens (tertiary/aromatic N) is 2. The topological polar surface area (TPSA) is 51.1 Å². The lowest BCUT2D eigenvalue weighted by molar-refractivity contribution is 0.179. The highest BCUT2D eigenvalue weighted by Gasteiger charge is 2.04. The van der Waals surface area contributed by atoms with Gasteiger partial charge < -0.3 is 15.4 Å². The number of hydrogen-bond donors (Lipinski definition) is 2. The van der Waals surface area contributed by atoms with E-state index in [-0.39, 0.29) is 6.04 Å². The molecule has 0 saturated carbocycles. The van der Waals surface area contributed by atoms with Crippen molar-refractivity contribution in [3.8, 4) is 0 Å². The standard InChI is InChI=1S/C10H18N4OS/c1-4-14-6-9(5-11-14)13-10(16)12-8(2)7-15-3/h5-6,8H,4,7H2,1-3H3,(H2,12,13,16). The fourth-order valence-corrected chi connectivity index (χ4v) is 1.60. The summed E-state index contributed by atoms with van der Waals surface area (Å²) in [4.78, 5) is 0. The summed E-state index contributed by atoms with van der Waals surface area (Å²) >= 11 is 5.16. The van der Waals surface area contributed by atoms with E-state index in [0.717, 1.165) is 12.2 Å². The molecule has 1 unspecified atom stereocenters. The van der Waals surface area contributed by atoms with Crippen molar-refractivity contribution in [2.75, 3.05) is 19.0 Å². The summed E-state index contributed by atoms with van der Waals surface area (Å²) in [5, 5.41) is 10.9. The average Bonchev–Trinajstić information content (AvgIpc) is 2.65. The first-order chi connectivity index (χ1) is 7.65. The van der Waals surface area contributed by atoms with Gasteiger partial charge in [-0.2, -0.15) is 5.10 Å². The van der Waals surface area contributed by atoms with Gasteiger partial charge >= 0.3 is 0 Å². The van der Waals surface area contributed by atoms with E-state index in [2.05, 4.69) is 15.7 Å². The minimum absolute atomic E-state index is 0.186. The van der Waals surface area contributed by atoms with E-state index in [9.17, 15) is 0 Å². The summed E-state index contributed by atoms with van der Waals surface area (Å²) in [5.41, 5.74) is 0.893. The number of thiocarbonyl (C=S) groups is 1. The number of rotatable bonds is 5. The minimum atomic E-state index is 0.186. The van der Waals surface area contributed by atoms with E-state index in [1.165, 1.54) is 0 Å². The molecule has 6 heteroatoms. The summed E-state index contributed by atoms with van der Waals surface area (Å²) < 4.78 is 6.85. The first-order valence-electron chi connectivity index (χ1n) is 5.24. The molecule has 0 aliphatic carbocycles. The van der Waals surface area contributed by atoms with Crippen LogP contribution in [0, 0.1) is 0 Å². The zero-order chi connectivity index (χ0) is 12.0. The highest BCUT2D eigenvalue weighted by Crippen LogP contribution is 2.04. The average molecular weight is 242 g/mol. The molecule has 1 heterocycles. The second-order valence-corrected chi connectivity index (χ2v) is 3.95. The Morgan fingerprint density at radius 3 is 3.00 bits per heavy atom.